The first-order chi connectivity index (χ1) is 21.7. The summed E-state index contributed by atoms with van der Waals surface area (Å²) in [6, 6.07) is 52.6. The summed E-state index contributed by atoms with van der Waals surface area (Å²) in [5.74, 6) is 1.44. The Hall–Kier alpha value is -5.34. The Balaban J connectivity index is 1.13. The summed E-state index contributed by atoms with van der Waals surface area (Å²) in [4.78, 5) is 4.63. The summed E-state index contributed by atoms with van der Waals surface area (Å²) >= 11 is 0. The molecule has 1 fully saturated rings. The smallest absolute Gasteiger partial charge is 0.0468 e. The van der Waals surface area contributed by atoms with E-state index in [1.54, 1.807) is 0 Å². The Labute approximate surface area is 259 Å². The fourth-order valence-electron chi connectivity index (χ4n) is 6.59. The molecular weight excluding hydrogens is 532 g/mol. The van der Waals surface area contributed by atoms with Gasteiger partial charge >= 0.3 is 0 Å². The van der Waals surface area contributed by atoms with Crippen LogP contribution in [0.4, 0.5) is 28.4 Å². The van der Waals surface area contributed by atoms with Gasteiger partial charge in [-0.05, 0) is 112 Å². The first kappa shape index (κ1) is 26.3. The van der Waals surface area contributed by atoms with Crippen LogP contribution in [0.15, 0.2) is 164 Å². The normalized spacial score (nSPS) is 16.7. The number of hydrogen-bond acceptors (Lipinski definition) is 2. The Bertz CT molecular complexity index is 2000. The van der Waals surface area contributed by atoms with Gasteiger partial charge in [0.1, 0.15) is 0 Å². The van der Waals surface area contributed by atoms with Crippen LogP contribution in [0.25, 0.3) is 27.5 Å². The molecule has 0 aliphatic heterocycles. The van der Waals surface area contributed by atoms with Gasteiger partial charge in [0, 0.05) is 35.5 Å². The molecule has 44 heavy (non-hydrogen) atoms. The molecule has 2 aliphatic rings. The highest BCUT2D eigenvalue weighted by Gasteiger charge is 2.39. The van der Waals surface area contributed by atoms with Crippen molar-refractivity contribution >= 4 is 44.8 Å². The molecule has 1 saturated carbocycles. The highest BCUT2D eigenvalue weighted by atomic mass is 15.1. The largest absolute Gasteiger partial charge is 0.345 e. The summed E-state index contributed by atoms with van der Waals surface area (Å²) in [6.45, 7) is 0. The second-order valence-corrected chi connectivity index (χ2v) is 11.9. The molecule has 2 atom stereocenters. The van der Waals surface area contributed by atoms with Crippen LogP contribution in [0.1, 0.15) is 12.0 Å². The van der Waals surface area contributed by atoms with Crippen molar-refractivity contribution in [2.45, 2.75) is 6.42 Å². The first-order valence-electron chi connectivity index (χ1n) is 15.5. The zero-order valence-electron chi connectivity index (χ0n) is 24.8. The van der Waals surface area contributed by atoms with Crippen molar-refractivity contribution in [2.75, 3.05) is 16.8 Å². The van der Waals surface area contributed by atoms with Crippen LogP contribution in [0, 0.1) is 11.8 Å². The number of rotatable bonds is 7. The van der Waals surface area contributed by atoms with Crippen molar-refractivity contribution in [3.63, 3.8) is 0 Å². The molecule has 0 saturated heterocycles. The predicted molar refractivity (Wildman–Crippen MR) is 187 cm³/mol. The number of nitrogens with zero attached hydrogens (tertiary/aromatic N) is 2. The molecule has 2 unspecified atom stereocenters. The van der Waals surface area contributed by atoms with Gasteiger partial charge in [0.25, 0.3) is 0 Å². The van der Waals surface area contributed by atoms with E-state index < -0.39 is 0 Å². The molecular formula is C42H34N2. The molecule has 0 amide bonds. The SMILES string of the molecule is CN(c1ccc(N(c2ccc(-c3ccccc3)cc2)c2ccc3ccccc3c2)cc1)c1cccc(C2=CC=CC3CC23)c1. The molecule has 0 radical (unpaired) electrons. The molecule has 2 aliphatic carbocycles. The van der Waals surface area contributed by atoms with Crippen LogP contribution in [0.2, 0.25) is 0 Å². The van der Waals surface area contributed by atoms with Gasteiger partial charge in [-0.1, -0.05) is 103 Å². The zero-order chi connectivity index (χ0) is 29.5. The molecule has 6 aromatic carbocycles. The van der Waals surface area contributed by atoms with Crippen LogP contribution in [0.5, 0.6) is 0 Å². The Morgan fingerprint density at radius 3 is 1.93 bits per heavy atom. The highest BCUT2D eigenvalue weighted by Crippen LogP contribution is 2.51. The molecule has 0 aromatic heterocycles. The molecule has 8 rings (SSSR count). The lowest BCUT2D eigenvalue weighted by Crippen LogP contribution is -2.12. The lowest BCUT2D eigenvalue weighted by molar-refractivity contribution is 0.998. The Morgan fingerprint density at radius 1 is 0.500 bits per heavy atom. The van der Waals surface area contributed by atoms with E-state index in [4.69, 9.17) is 0 Å². The second-order valence-electron chi connectivity index (χ2n) is 11.9. The average Bonchev–Trinajstić information content (AvgIpc) is 3.90. The molecule has 0 bridgehead atoms. The second kappa shape index (κ2) is 11.1. The van der Waals surface area contributed by atoms with Gasteiger partial charge in [-0.25, -0.2) is 0 Å². The topological polar surface area (TPSA) is 6.48 Å². The molecule has 0 heterocycles. The number of anilines is 5. The molecule has 212 valence electrons. The number of fused-ring (bicyclic) bond motifs is 2. The third-order valence-corrected chi connectivity index (χ3v) is 9.16. The maximum Gasteiger partial charge on any atom is 0.0468 e. The minimum Gasteiger partial charge on any atom is -0.345 e. The summed E-state index contributed by atoms with van der Waals surface area (Å²) in [6.07, 6.45) is 8.17. The van der Waals surface area contributed by atoms with Gasteiger partial charge in [-0.3, -0.25) is 0 Å². The van der Waals surface area contributed by atoms with Gasteiger partial charge in [0.05, 0.1) is 0 Å². The number of allylic oxidation sites excluding steroid dienone is 4. The summed E-state index contributed by atoms with van der Waals surface area (Å²) < 4.78 is 0. The third kappa shape index (κ3) is 4.99. The Morgan fingerprint density at radius 2 is 1.14 bits per heavy atom. The third-order valence-electron chi connectivity index (χ3n) is 9.16. The average molecular weight is 567 g/mol. The van der Waals surface area contributed by atoms with E-state index in [1.165, 1.54) is 45.1 Å². The van der Waals surface area contributed by atoms with E-state index in [1.807, 2.05) is 0 Å². The molecule has 2 nitrogen and oxygen atoms in total. The maximum absolute atomic E-state index is 2.35. The van der Waals surface area contributed by atoms with Crippen molar-refractivity contribution in [1.29, 1.82) is 0 Å². The fourth-order valence-corrected chi connectivity index (χ4v) is 6.59. The highest BCUT2D eigenvalue weighted by molar-refractivity contribution is 5.89. The molecule has 2 heteroatoms. The van der Waals surface area contributed by atoms with Crippen molar-refractivity contribution < 1.29 is 0 Å². The Kier molecular flexibility index (Phi) is 6.61. The minimum absolute atomic E-state index is 0.697. The van der Waals surface area contributed by atoms with Crippen LogP contribution in [-0.4, -0.2) is 7.05 Å². The molecule has 0 spiro atoms. The van der Waals surface area contributed by atoms with E-state index in [0.29, 0.717) is 5.92 Å². The standard InChI is InChI=1S/C42H34N2/c1-43(39-15-7-13-34(28-39)41-16-8-14-35-29-42(35)41)36-23-25-38(26-24-36)44(40-22-19-31-11-5-6-12-33(31)27-40)37-20-17-32(18-21-37)30-9-3-2-4-10-30/h2-28,35,42H,29H2,1H3. The van der Waals surface area contributed by atoms with Gasteiger partial charge in [-0.15, -0.1) is 0 Å². The monoisotopic (exact) mass is 566 g/mol. The van der Waals surface area contributed by atoms with Gasteiger partial charge in [0.2, 0.25) is 0 Å². The quantitative estimate of drug-likeness (QED) is 0.190. The van der Waals surface area contributed by atoms with Gasteiger partial charge in [0.15, 0.2) is 0 Å². The van der Waals surface area contributed by atoms with Crippen molar-refractivity contribution in [3.8, 4) is 11.1 Å². The lowest BCUT2D eigenvalue weighted by Gasteiger charge is -2.27. The van der Waals surface area contributed by atoms with Crippen LogP contribution in [-0.2, 0) is 0 Å². The maximum atomic E-state index is 2.35. The zero-order valence-corrected chi connectivity index (χ0v) is 24.8. The summed E-state index contributed by atoms with van der Waals surface area (Å²) in [5.41, 5.74) is 11.0. The van der Waals surface area contributed by atoms with Crippen molar-refractivity contribution in [2.24, 2.45) is 11.8 Å². The summed E-state index contributed by atoms with van der Waals surface area (Å²) in [7, 11) is 2.16. The predicted octanol–water partition coefficient (Wildman–Crippen LogP) is 11.3. The van der Waals surface area contributed by atoms with Crippen LogP contribution < -0.4 is 9.80 Å². The van der Waals surface area contributed by atoms with Crippen LogP contribution in [0.3, 0.4) is 0 Å². The van der Waals surface area contributed by atoms with Gasteiger partial charge in [-0.2, -0.15) is 0 Å². The number of hydrogen-bond donors (Lipinski definition) is 0. The summed E-state index contributed by atoms with van der Waals surface area (Å²) in [5, 5.41) is 2.47. The van der Waals surface area contributed by atoms with E-state index >= 15 is 0 Å². The van der Waals surface area contributed by atoms with E-state index in [-0.39, 0.29) is 0 Å². The van der Waals surface area contributed by atoms with Gasteiger partial charge < -0.3 is 9.80 Å². The van der Waals surface area contributed by atoms with Crippen LogP contribution >= 0.6 is 0 Å². The van der Waals surface area contributed by atoms with E-state index in [9.17, 15) is 0 Å². The first-order valence-corrected chi connectivity index (χ1v) is 15.5. The molecule has 6 aromatic rings. The number of benzene rings is 6. The molecule has 0 N–H and O–H groups in total. The van der Waals surface area contributed by atoms with Crippen molar-refractivity contribution in [3.05, 3.63) is 169 Å². The fraction of sp³-hybridized carbons (Fsp3) is 0.0952. The van der Waals surface area contributed by atoms with Crippen molar-refractivity contribution in [1.82, 2.24) is 0 Å². The minimum atomic E-state index is 0.697. The van der Waals surface area contributed by atoms with E-state index in [2.05, 4.69) is 181 Å². The van der Waals surface area contributed by atoms with E-state index in [0.717, 1.165) is 28.7 Å². The lowest BCUT2D eigenvalue weighted by atomic mass is 9.96.